The number of hydrogen-bond donors (Lipinski definition) is 1. The zero-order valence-corrected chi connectivity index (χ0v) is 20.8. The van der Waals surface area contributed by atoms with Crippen LogP contribution in [0.5, 0.6) is 11.5 Å². The third-order valence-electron chi connectivity index (χ3n) is 5.05. The predicted molar refractivity (Wildman–Crippen MR) is 140 cm³/mol. The second-order valence-electron chi connectivity index (χ2n) is 7.40. The molecule has 0 atom stereocenters. The van der Waals surface area contributed by atoms with Gasteiger partial charge in [-0.15, -0.1) is 0 Å². The van der Waals surface area contributed by atoms with Crippen LogP contribution in [0.25, 0.3) is 10.8 Å². The maximum atomic E-state index is 12.5. The molecule has 0 heterocycles. The molecule has 0 unspecified atom stereocenters. The molecular formula is C27H22BrClN2O3. The first kappa shape index (κ1) is 23.8. The van der Waals surface area contributed by atoms with Crippen LogP contribution in [-0.4, -0.2) is 18.7 Å². The lowest BCUT2D eigenvalue weighted by Gasteiger charge is -2.15. The smallest absolute Gasteiger partial charge is 0.271 e. The highest BCUT2D eigenvalue weighted by Crippen LogP contribution is 2.37. The number of carbonyl (C=O) groups is 1. The second kappa shape index (κ2) is 11.2. The van der Waals surface area contributed by atoms with E-state index in [1.165, 1.54) is 0 Å². The van der Waals surface area contributed by atoms with Crippen molar-refractivity contribution in [3.8, 4) is 11.5 Å². The lowest BCUT2D eigenvalue weighted by Crippen LogP contribution is -2.17. The van der Waals surface area contributed by atoms with Gasteiger partial charge in [0, 0.05) is 16.1 Å². The summed E-state index contributed by atoms with van der Waals surface area (Å²) < 4.78 is 12.5. The van der Waals surface area contributed by atoms with E-state index in [1.54, 1.807) is 12.3 Å². The van der Waals surface area contributed by atoms with Gasteiger partial charge in [0.15, 0.2) is 11.5 Å². The molecule has 5 nitrogen and oxygen atoms in total. The minimum atomic E-state index is -0.286. The van der Waals surface area contributed by atoms with Crippen molar-refractivity contribution >= 4 is 50.4 Å². The van der Waals surface area contributed by atoms with Crippen LogP contribution in [0.2, 0.25) is 5.02 Å². The molecule has 0 radical (unpaired) electrons. The fourth-order valence-electron chi connectivity index (χ4n) is 3.39. The quantitative estimate of drug-likeness (QED) is 0.194. The van der Waals surface area contributed by atoms with Gasteiger partial charge >= 0.3 is 0 Å². The molecule has 7 heteroatoms. The average Bonchev–Trinajstić information content (AvgIpc) is 2.84. The Labute approximate surface area is 211 Å². The second-order valence-corrected chi connectivity index (χ2v) is 8.67. The minimum Gasteiger partial charge on any atom is -0.490 e. The third kappa shape index (κ3) is 5.76. The SMILES string of the molecule is CCOc1cc(/C=N\NC(=O)c2ccc3ccccc3c2)cc(Br)c1OCc1ccccc1Cl. The molecule has 0 aromatic heterocycles. The molecule has 172 valence electrons. The van der Waals surface area contributed by atoms with E-state index in [1.807, 2.05) is 79.7 Å². The van der Waals surface area contributed by atoms with E-state index in [4.69, 9.17) is 21.1 Å². The normalized spacial score (nSPS) is 11.0. The average molecular weight is 538 g/mol. The van der Waals surface area contributed by atoms with Gasteiger partial charge in [0.05, 0.1) is 17.3 Å². The largest absolute Gasteiger partial charge is 0.490 e. The Morgan fingerprint density at radius 3 is 2.56 bits per heavy atom. The topological polar surface area (TPSA) is 59.9 Å². The van der Waals surface area contributed by atoms with E-state index in [9.17, 15) is 4.79 Å². The molecule has 0 fully saturated rings. The predicted octanol–water partition coefficient (Wildman–Crippen LogP) is 7.00. The number of hydrazone groups is 1. The van der Waals surface area contributed by atoms with Crippen molar-refractivity contribution < 1.29 is 14.3 Å². The Balaban J connectivity index is 1.47. The van der Waals surface area contributed by atoms with Crippen molar-refractivity contribution in [2.75, 3.05) is 6.61 Å². The molecular weight excluding hydrogens is 516 g/mol. The lowest BCUT2D eigenvalue weighted by atomic mass is 10.1. The summed E-state index contributed by atoms with van der Waals surface area (Å²) in [5.41, 5.74) is 4.73. The van der Waals surface area contributed by atoms with Crippen molar-refractivity contribution in [3.05, 3.63) is 105 Å². The molecule has 4 rings (SSSR count). The van der Waals surface area contributed by atoms with Gasteiger partial charge in [-0.3, -0.25) is 4.79 Å². The summed E-state index contributed by atoms with van der Waals surface area (Å²) in [4.78, 5) is 12.5. The summed E-state index contributed by atoms with van der Waals surface area (Å²) in [6.07, 6.45) is 1.56. The lowest BCUT2D eigenvalue weighted by molar-refractivity contribution is 0.0955. The number of ether oxygens (including phenoxy) is 2. The first-order valence-electron chi connectivity index (χ1n) is 10.7. The van der Waals surface area contributed by atoms with E-state index in [-0.39, 0.29) is 5.91 Å². The van der Waals surface area contributed by atoms with Crippen LogP contribution in [0.3, 0.4) is 0 Å². The highest BCUT2D eigenvalue weighted by Gasteiger charge is 2.13. The van der Waals surface area contributed by atoms with Crippen molar-refractivity contribution in [2.45, 2.75) is 13.5 Å². The summed E-state index contributed by atoms with van der Waals surface area (Å²) in [6.45, 7) is 2.66. The number of fused-ring (bicyclic) bond motifs is 1. The minimum absolute atomic E-state index is 0.286. The molecule has 34 heavy (non-hydrogen) atoms. The summed E-state index contributed by atoms with van der Waals surface area (Å²) in [6, 6.07) is 24.6. The van der Waals surface area contributed by atoms with Gasteiger partial charge < -0.3 is 9.47 Å². The van der Waals surface area contributed by atoms with Crippen LogP contribution in [0.15, 0.2) is 88.4 Å². The summed E-state index contributed by atoms with van der Waals surface area (Å²) >= 11 is 9.79. The Hall–Kier alpha value is -3.35. The Morgan fingerprint density at radius 1 is 1.00 bits per heavy atom. The number of hydrogen-bond acceptors (Lipinski definition) is 4. The van der Waals surface area contributed by atoms with Crippen molar-refractivity contribution in [2.24, 2.45) is 5.10 Å². The van der Waals surface area contributed by atoms with Crippen LogP contribution < -0.4 is 14.9 Å². The molecule has 0 aliphatic rings. The molecule has 4 aromatic carbocycles. The van der Waals surface area contributed by atoms with Gasteiger partial charge in [0.25, 0.3) is 5.91 Å². The summed E-state index contributed by atoms with van der Waals surface area (Å²) in [7, 11) is 0. The van der Waals surface area contributed by atoms with Crippen LogP contribution in [0, 0.1) is 0 Å². The molecule has 4 aromatic rings. The molecule has 0 aliphatic carbocycles. The zero-order valence-electron chi connectivity index (χ0n) is 18.4. The molecule has 0 aliphatic heterocycles. The molecule has 0 bridgehead atoms. The maximum absolute atomic E-state index is 12.5. The van der Waals surface area contributed by atoms with E-state index < -0.39 is 0 Å². The first-order valence-corrected chi connectivity index (χ1v) is 11.9. The van der Waals surface area contributed by atoms with Gasteiger partial charge in [0.1, 0.15) is 6.61 Å². The number of nitrogens with one attached hydrogen (secondary N) is 1. The Kier molecular flexibility index (Phi) is 7.83. The first-order chi connectivity index (χ1) is 16.5. The monoisotopic (exact) mass is 536 g/mol. The van der Waals surface area contributed by atoms with Gasteiger partial charge in [-0.25, -0.2) is 5.43 Å². The molecule has 0 spiro atoms. The van der Waals surface area contributed by atoms with E-state index in [0.717, 1.165) is 21.9 Å². The van der Waals surface area contributed by atoms with Crippen molar-refractivity contribution in [1.29, 1.82) is 0 Å². The standard InChI is InChI=1S/C27H22BrClN2O3/c1-2-33-25-14-18(13-23(28)26(25)34-17-22-9-5-6-10-24(22)29)16-30-31-27(32)21-12-11-19-7-3-4-8-20(19)15-21/h3-16H,2,17H2,1H3,(H,31,32)/b30-16-. The number of carbonyl (C=O) groups excluding carboxylic acids is 1. The summed E-state index contributed by atoms with van der Waals surface area (Å²) in [5.74, 6) is 0.844. The highest BCUT2D eigenvalue weighted by atomic mass is 79.9. The Morgan fingerprint density at radius 2 is 1.76 bits per heavy atom. The summed E-state index contributed by atoms with van der Waals surface area (Å²) in [5, 5.41) is 6.83. The van der Waals surface area contributed by atoms with Crippen LogP contribution in [0.1, 0.15) is 28.4 Å². The van der Waals surface area contributed by atoms with E-state index in [2.05, 4.69) is 26.5 Å². The van der Waals surface area contributed by atoms with E-state index >= 15 is 0 Å². The van der Waals surface area contributed by atoms with Gasteiger partial charge in [-0.05, 0) is 69.5 Å². The van der Waals surface area contributed by atoms with Gasteiger partial charge in [0.2, 0.25) is 0 Å². The number of benzene rings is 4. The Bertz CT molecular complexity index is 1360. The molecule has 1 amide bonds. The third-order valence-corrected chi connectivity index (χ3v) is 6.01. The molecule has 1 N–H and O–H groups in total. The van der Waals surface area contributed by atoms with Crippen LogP contribution >= 0.6 is 27.5 Å². The van der Waals surface area contributed by atoms with Gasteiger partial charge in [-0.1, -0.05) is 60.1 Å². The molecule has 0 saturated heterocycles. The maximum Gasteiger partial charge on any atom is 0.271 e. The van der Waals surface area contributed by atoms with Crippen LogP contribution in [0.4, 0.5) is 0 Å². The van der Waals surface area contributed by atoms with Crippen LogP contribution in [-0.2, 0) is 6.61 Å². The highest BCUT2D eigenvalue weighted by molar-refractivity contribution is 9.10. The fraction of sp³-hybridized carbons (Fsp3) is 0.111. The fourth-order valence-corrected chi connectivity index (χ4v) is 4.16. The van der Waals surface area contributed by atoms with E-state index in [0.29, 0.717) is 39.8 Å². The zero-order chi connectivity index (χ0) is 23.9. The number of halogens is 2. The number of amides is 1. The number of rotatable bonds is 8. The van der Waals surface area contributed by atoms with Gasteiger partial charge in [-0.2, -0.15) is 5.10 Å². The van der Waals surface area contributed by atoms with Crippen molar-refractivity contribution in [3.63, 3.8) is 0 Å². The molecule has 0 saturated carbocycles. The van der Waals surface area contributed by atoms with Crippen molar-refractivity contribution in [1.82, 2.24) is 5.43 Å². The number of nitrogens with zero attached hydrogens (tertiary/aromatic N) is 1.